The molecular weight excluding hydrogens is 252 g/mol. The molecule has 0 atom stereocenters. The first-order valence-corrected chi connectivity index (χ1v) is 6.86. The largest absolute Gasteiger partial charge is 0.294 e. The molecule has 0 bridgehead atoms. The van der Waals surface area contributed by atoms with Crippen molar-refractivity contribution in [3.63, 3.8) is 0 Å². The van der Waals surface area contributed by atoms with Crippen LogP contribution in [0.15, 0.2) is 35.2 Å². The van der Waals surface area contributed by atoms with Gasteiger partial charge in [-0.25, -0.2) is 0 Å². The van der Waals surface area contributed by atoms with Gasteiger partial charge in [-0.1, -0.05) is 12.1 Å². The highest BCUT2D eigenvalue weighted by atomic mass is 32.2. The third-order valence-corrected chi connectivity index (χ3v) is 3.57. The molecule has 5 nitrogen and oxygen atoms in total. The van der Waals surface area contributed by atoms with Crippen LogP contribution in [0.2, 0.25) is 0 Å². The van der Waals surface area contributed by atoms with Crippen molar-refractivity contribution in [3.05, 3.63) is 47.3 Å². The zero-order chi connectivity index (χ0) is 13.3. The van der Waals surface area contributed by atoms with Crippen LogP contribution in [0.3, 0.4) is 0 Å². The smallest absolute Gasteiger partial charge is 0.282 e. The maximum atomic E-state index is 10.9. The van der Waals surface area contributed by atoms with E-state index in [9.17, 15) is 8.42 Å². The van der Waals surface area contributed by atoms with E-state index in [0.717, 1.165) is 17.0 Å². The highest BCUT2D eigenvalue weighted by molar-refractivity contribution is 7.85. The van der Waals surface area contributed by atoms with Crippen molar-refractivity contribution in [1.82, 2.24) is 9.78 Å². The molecule has 1 heterocycles. The summed E-state index contributed by atoms with van der Waals surface area (Å²) in [7, 11) is -2.24. The molecule has 18 heavy (non-hydrogen) atoms. The van der Waals surface area contributed by atoms with Crippen LogP contribution in [-0.2, 0) is 23.6 Å². The second-order valence-corrected chi connectivity index (χ2v) is 5.62. The van der Waals surface area contributed by atoms with Crippen LogP contribution in [-0.4, -0.2) is 22.8 Å². The van der Waals surface area contributed by atoms with Crippen molar-refractivity contribution in [2.24, 2.45) is 7.05 Å². The van der Waals surface area contributed by atoms with Gasteiger partial charge in [0, 0.05) is 19.2 Å². The molecule has 2 aromatic rings. The van der Waals surface area contributed by atoms with Crippen molar-refractivity contribution in [2.45, 2.75) is 18.2 Å². The maximum Gasteiger partial charge on any atom is 0.294 e. The summed E-state index contributed by atoms with van der Waals surface area (Å²) in [5.74, 6) is 0. The average Bonchev–Trinajstić information content (AvgIpc) is 2.57. The van der Waals surface area contributed by atoms with Crippen LogP contribution in [0.1, 0.15) is 17.0 Å². The number of rotatable bonds is 3. The minimum atomic E-state index is -4.11. The summed E-state index contributed by atoms with van der Waals surface area (Å²) in [5.41, 5.74) is 2.96. The summed E-state index contributed by atoms with van der Waals surface area (Å²) in [5, 5.41) is 4.24. The molecule has 0 amide bonds. The normalized spacial score (nSPS) is 11.7. The predicted molar refractivity (Wildman–Crippen MR) is 67.0 cm³/mol. The molecule has 0 saturated carbocycles. The van der Waals surface area contributed by atoms with E-state index in [1.165, 1.54) is 12.1 Å². The number of nitrogens with zero attached hydrogens (tertiary/aromatic N) is 2. The van der Waals surface area contributed by atoms with E-state index in [0.29, 0.717) is 6.42 Å². The van der Waals surface area contributed by atoms with E-state index >= 15 is 0 Å². The van der Waals surface area contributed by atoms with Gasteiger partial charge in [0.1, 0.15) is 0 Å². The molecule has 0 aliphatic carbocycles. The van der Waals surface area contributed by atoms with Gasteiger partial charge in [-0.2, -0.15) is 13.5 Å². The van der Waals surface area contributed by atoms with E-state index in [1.54, 1.807) is 16.8 Å². The number of hydrogen-bond donors (Lipinski definition) is 1. The van der Waals surface area contributed by atoms with Gasteiger partial charge in [-0.3, -0.25) is 9.23 Å². The van der Waals surface area contributed by atoms with Gasteiger partial charge in [-0.05, 0) is 30.7 Å². The molecule has 0 saturated heterocycles. The van der Waals surface area contributed by atoms with Crippen molar-refractivity contribution in [1.29, 1.82) is 0 Å². The standard InChI is InChI=1S/C12H14N2O3S/c1-9-7-11(14(2)13-9)8-10-3-5-12(6-4-10)18(15,16)17/h3-7H,8H2,1-2H3,(H,15,16,17). The first kappa shape index (κ1) is 12.8. The van der Waals surface area contributed by atoms with E-state index < -0.39 is 10.1 Å². The summed E-state index contributed by atoms with van der Waals surface area (Å²) in [6.07, 6.45) is 0.670. The summed E-state index contributed by atoms with van der Waals surface area (Å²) >= 11 is 0. The zero-order valence-corrected chi connectivity index (χ0v) is 11.0. The highest BCUT2D eigenvalue weighted by Crippen LogP contribution is 2.14. The zero-order valence-electron chi connectivity index (χ0n) is 10.2. The fourth-order valence-corrected chi connectivity index (χ4v) is 2.30. The summed E-state index contributed by atoms with van der Waals surface area (Å²) < 4.78 is 32.5. The van der Waals surface area contributed by atoms with E-state index in [1.807, 2.05) is 20.0 Å². The lowest BCUT2D eigenvalue weighted by Gasteiger charge is -2.03. The van der Waals surface area contributed by atoms with Gasteiger partial charge in [0.2, 0.25) is 0 Å². The van der Waals surface area contributed by atoms with Gasteiger partial charge in [0.05, 0.1) is 10.6 Å². The lowest BCUT2D eigenvalue weighted by Crippen LogP contribution is -2.01. The summed E-state index contributed by atoms with van der Waals surface area (Å²) in [6, 6.07) is 8.15. The Kier molecular flexibility index (Phi) is 3.23. The Hall–Kier alpha value is -1.66. The van der Waals surface area contributed by atoms with Gasteiger partial charge >= 0.3 is 0 Å². The van der Waals surface area contributed by atoms with Crippen LogP contribution in [0.25, 0.3) is 0 Å². The third kappa shape index (κ3) is 2.77. The first-order valence-electron chi connectivity index (χ1n) is 5.42. The minimum absolute atomic E-state index is 0.0903. The molecule has 6 heteroatoms. The summed E-state index contributed by atoms with van der Waals surface area (Å²) in [4.78, 5) is -0.0903. The molecule has 0 radical (unpaired) electrons. The van der Waals surface area contributed by atoms with E-state index in [4.69, 9.17) is 4.55 Å². The van der Waals surface area contributed by atoms with E-state index in [2.05, 4.69) is 5.10 Å². The Balaban J connectivity index is 2.24. The fourth-order valence-electron chi connectivity index (χ4n) is 1.82. The number of hydrogen-bond acceptors (Lipinski definition) is 3. The molecule has 1 aromatic carbocycles. The minimum Gasteiger partial charge on any atom is -0.282 e. The maximum absolute atomic E-state index is 10.9. The third-order valence-electron chi connectivity index (χ3n) is 2.71. The second kappa shape index (κ2) is 4.55. The molecule has 2 rings (SSSR count). The van der Waals surface area contributed by atoms with Gasteiger partial charge < -0.3 is 0 Å². The van der Waals surface area contributed by atoms with E-state index in [-0.39, 0.29) is 4.90 Å². The second-order valence-electron chi connectivity index (χ2n) is 4.20. The lowest BCUT2D eigenvalue weighted by molar-refractivity contribution is 0.483. The van der Waals surface area contributed by atoms with Crippen molar-refractivity contribution >= 4 is 10.1 Å². The number of aryl methyl sites for hydroxylation is 2. The molecule has 96 valence electrons. The van der Waals surface area contributed by atoms with Crippen molar-refractivity contribution in [2.75, 3.05) is 0 Å². The molecular formula is C12H14N2O3S. The Labute approximate surface area is 106 Å². The molecule has 0 aliphatic heterocycles. The number of aromatic nitrogens is 2. The topological polar surface area (TPSA) is 72.2 Å². The molecule has 1 N–H and O–H groups in total. The lowest BCUT2D eigenvalue weighted by atomic mass is 10.1. The van der Waals surface area contributed by atoms with Crippen molar-refractivity contribution < 1.29 is 13.0 Å². The monoisotopic (exact) mass is 266 g/mol. The fraction of sp³-hybridized carbons (Fsp3) is 0.250. The van der Waals surface area contributed by atoms with Crippen molar-refractivity contribution in [3.8, 4) is 0 Å². The molecule has 0 spiro atoms. The highest BCUT2D eigenvalue weighted by Gasteiger charge is 2.09. The van der Waals surface area contributed by atoms with Gasteiger partial charge in [0.15, 0.2) is 0 Å². The van der Waals surface area contributed by atoms with Gasteiger partial charge in [0.25, 0.3) is 10.1 Å². The molecule has 0 aliphatic rings. The first-order chi connectivity index (χ1) is 8.36. The van der Waals surface area contributed by atoms with Crippen LogP contribution < -0.4 is 0 Å². The predicted octanol–water partition coefficient (Wildman–Crippen LogP) is 1.57. The Morgan fingerprint density at radius 1 is 1.28 bits per heavy atom. The van der Waals surface area contributed by atoms with Crippen LogP contribution >= 0.6 is 0 Å². The molecule has 1 aromatic heterocycles. The summed E-state index contributed by atoms with van der Waals surface area (Å²) in [6.45, 7) is 1.92. The number of benzene rings is 1. The average molecular weight is 266 g/mol. The van der Waals surface area contributed by atoms with Crippen LogP contribution in [0.4, 0.5) is 0 Å². The molecule has 0 unspecified atom stereocenters. The molecule has 0 fully saturated rings. The van der Waals surface area contributed by atoms with Gasteiger partial charge in [-0.15, -0.1) is 0 Å². The van der Waals surface area contributed by atoms with Crippen LogP contribution in [0, 0.1) is 6.92 Å². The Bertz CT molecular complexity index is 657. The SMILES string of the molecule is Cc1cc(Cc2ccc(S(=O)(=O)O)cc2)n(C)n1. The quantitative estimate of drug-likeness (QED) is 0.856. The Morgan fingerprint density at radius 3 is 2.33 bits per heavy atom. The Morgan fingerprint density at radius 2 is 1.89 bits per heavy atom. The van der Waals surface area contributed by atoms with Crippen LogP contribution in [0.5, 0.6) is 0 Å².